The van der Waals surface area contributed by atoms with E-state index in [1.54, 1.807) is 12.1 Å². The Morgan fingerprint density at radius 2 is 2.04 bits per heavy atom. The SMILES string of the molecule is Cc1ccc(NC(=O)C2CC2)cc1NC(=O)c1cc(-c2cccs2)on1. The highest BCUT2D eigenvalue weighted by molar-refractivity contribution is 7.13. The summed E-state index contributed by atoms with van der Waals surface area (Å²) in [5, 5.41) is 11.5. The van der Waals surface area contributed by atoms with E-state index >= 15 is 0 Å². The highest BCUT2D eigenvalue weighted by Gasteiger charge is 2.29. The second-order valence-corrected chi connectivity index (χ2v) is 7.25. The van der Waals surface area contributed by atoms with Crippen LogP contribution in [0.5, 0.6) is 0 Å². The molecular weight excluding hydrogens is 350 g/mol. The lowest BCUT2D eigenvalue weighted by Gasteiger charge is -2.10. The number of carbonyl (C=O) groups excluding carboxylic acids is 2. The molecule has 0 radical (unpaired) electrons. The van der Waals surface area contributed by atoms with E-state index in [9.17, 15) is 9.59 Å². The molecule has 0 unspecified atom stereocenters. The van der Waals surface area contributed by atoms with Crippen LogP contribution >= 0.6 is 11.3 Å². The second-order valence-electron chi connectivity index (χ2n) is 6.30. The maximum atomic E-state index is 12.5. The number of carbonyl (C=O) groups is 2. The molecule has 3 aromatic rings. The number of thiophene rings is 1. The number of aryl methyl sites for hydroxylation is 1. The number of benzene rings is 1. The van der Waals surface area contributed by atoms with Crippen LogP contribution < -0.4 is 10.6 Å². The van der Waals surface area contributed by atoms with E-state index in [1.165, 1.54) is 11.3 Å². The zero-order valence-electron chi connectivity index (χ0n) is 14.1. The molecule has 0 aliphatic heterocycles. The van der Waals surface area contributed by atoms with Gasteiger partial charge in [0.05, 0.1) is 4.88 Å². The fourth-order valence-corrected chi connectivity index (χ4v) is 3.20. The summed E-state index contributed by atoms with van der Waals surface area (Å²) in [5.41, 5.74) is 2.40. The zero-order chi connectivity index (χ0) is 18.1. The number of aromatic nitrogens is 1. The van der Waals surface area contributed by atoms with Gasteiger partial charge >= 0.3 is 0 Å². The minimum absolute atomic E-state index is 0.0308. The van der Waals surface area contributed by atoms with Gasteiger partial charge in [0.15, 0.2) is 11.5 Å². The highest BCUT2D eigenvalue weighted by atomic mass is 32.1. The molecule has 2 amide bonds. The van der Waals surface area contributed by atoms with Gasteiger partial charge in [-0.15, -0.1) is 11.3 Å². The zero-order valence-corrected chi connectivity index (χ0v) is 14.9. The average Bonchev–Trinajstić information content (AvgIpc) is 3.13. The predicted molar refractivity (Wildman–Crippen MR) is 100 cm³/mol. The van der Waals surface area contributed by atoms with E-state index in [4.69, 9.17) is 4.52 Å². The van der Waals surface area contributed by atoms with Crippen LogP contribution in [0.3, 0.4) is 0 Å². The second kappa shape index (κ2) is 6.76. The Balaban J connectivity index is 1.49. The molecule has 1 saturated carbocycles. The molecule has 2 N–H and O–H groups in total. The Kier molecular flexibility index (Phi) is 4.30. The summed E-state index contributed by atoms with van der Waals surface area (Å²) >= 11 is 1.52. The number of nitrogens with one attached hydrogen (secondary N) is 2. The van der Waals surface area contributed by atoms with E-state index in [0.29, 0.717) is 17.1 Å². The Labute approximate surface area is 154 Å². The summed E-state index contributed by atoms with van der Waals surface area (Å²) in [4.78, 5) is 25.3. The maximum absolute atomic E-state index is 12.5. The molecule has 0 saturated heterocycles. The van der Waals surface area contributed by atoms with Crippen molar-refractivity contribution in [1.82, 2.24) is 5.16 Å². The summed E-state index contributed by atoms with van der Waals surface area (Å²) in [6.07, 6.45) is 1.89. The molecular formula is C19H17N3O3S. The first-order valence-corrected chi connectivity index (χ1v) is 9.21. The highest BCUT2D eigenvalue weighted by Crippen LogP contribution is 2.31. The van der Waals surface area contributed by atoms with Crippen molar-refractivity contribution in [2.24, 2.45) is 5.92 Å². The van der Waals surface area contributed by atoms with Gasteiger partial charge in [-0.1, -0.05) is 17.3 Å². The minimum atomic E-state index is -0.356. The Morgan fingerprint density at radius 1 is 1.19 bits per heavy atom. The fourth-order valence-electron chi connectivity index (χ4n) is 2.53. The normalized spacial score (nSPS) is 13.4. The first-order chi connectivity index (χ1) is 12.6. The van der Waals surface area contributed by atoms with Crippen molar-refractivity contribution in [2.45, 2.75) is 19.8 Å². The molecule has 26 heavy (non-hydrogen) atoms. The van der Waals surface area contributed by atoms with Crippen LogP contribution in [-0.4, -0.2) is 17.0 Å². The van der Waals surface area contributed by atoms with Crippen LogP contribution in [0, 0.1) is 12.8 Å². The van der Waals surface area contributed by atoms with Crippen LogP contribution in [0.4, 0.5) is 11.4 Å². The lowest BCUT2D eigenvalue weighted by Crippen LogP contribution is -2.15. The van der Waals surface area contributed by atoms with Crippen molar-refractivity contribution in [1.29, 1.82) is 0 Å². The molecule has 1 aliphatic rings. The van der Waals surface area contributed by atoms with Crippen molar-refractivity contribution < 1.29 is 14.1 Å². The molecule has 1 fully saturated rings. The molecule has 1 aliphatic carbocycles. The molecule has 0 atom stereocenters. The van der Waals surface area contributed by atoms with E-state index in [0.717, 1.165) is 23.3 Å². The molecule has 132 valence electrons. The van der Waals surface area contributed by atoms with Gasteiger partial charge in [0.25, 0.3) is 5.91 Å². The Bertz CT molecular complexity index is 958. The molecule has 0 bridgehead atoms. The van der Waals surface area contributed by atoms with Gasteiger partial charge in [0.1, 0.15) is 0 Å². The van der Waals surface area contributed by atoms with Gasteiger partial charge in [0, 0.05) is 23.4 Å². The van der Waals surface area contributed by atoms with Crippen LogP contribution in [-0.2, 0) is 4.79 Å². The Morgan fingerprint density at radius 3 is 2.77 bits per heavy atom. The molecule has 7 heteroatoms. The number of nitrogens with zero attached hydrogens (tertiary/aromatic N) is 1. The number of amides is 2. The van der Waals surface area contributed by atoms with Gasteiger partial charge in [-0.3, -0.25) is 9.59 Å². The first-order valence-electron chi connectivity index (χ1n) is 8.33. The summed E-state index contributed by atoms with van der Waals surface area (Å²) in [6.45, 7) is 1.89. The summed E-state index contributed by atoms with van der Waals surface area (Å²) in [7, 11) is 0. The van der Waals surface area contributed by atoms with Crippen molar-refractivity contribution in [2.75, 3.05) is 10.6 Å². The number of hydrogen-bond acceptors (Lipinski definition) is 5. The third kappa shape index (κ3) is 3.52. The van der Waals surface area contributed by atoms with E-state index < -0.39 is 0 Å². The van der Waals surface area contributed by atoms with Crippen molar-refractivity contribution in [3.63, 3.8) is 0 Å². The van der Waals surface area contributed by atoms with Crippen LogP contribution in [0.25, 0.3) is 10.6 Å². The monoisotopic (exact) mass is 367 g/mol. The summed E-state index contributed by atoms with van der Waals surface area (Å²) < 4.78 is 5.25. The maximum Gasteiger partial charge on any atom is 0.277 e. The van der Waals surface area contributed by atoms with Gasteiger partial charge < -0.3 is 15.2 Å². The molecule has 6 nitrogen and oxygen atoms in total. The molecule has 1 aromatic carbocycles. The average molecular weight is 367 g/mol. The lowest BCUT2D eigenvalue weighted by atomic mass is 10.1. The van der Waals surface area contributed by atoms with Crippen LogP contribution in [0.1, 0.15) is 28.9 Å². The van der Waals surface area contributed by atoms with Crippen molar-refractivity contribution in [3.8, 4) is 10.6 Å². The van der Waals surface area contributed by atoms with E-state index in [-0.39, 0.29) is 23.4 Å². The van der Waals surface area contributed by atoms with E-state index in [2.05, 4.69) is 15.8 Å². The molecule has 0 spiro atoms. The van der Waals surface area contributed by atoms with Crippen molar-refractivity contribution in [3.05, 3.63) is 53.0 Å². The lowest BCUT2D eigenvalue weighted by molar-refractivity contribution is -0.117. The molecule has 2 heterocycles. The number of rotatable bonds is 5. The molecule has 4 rings (SSSR count). The van der Waals surface area contributed by atoms with Crippen LogP contribution in [0.15, 0.2) is 46.3 Å². The third-order valence-corrected chi connectivity index (χ3v) is 5.09. The summed E-state index contributed by atoms with van der Waals surface area (Å²) in [6, 6.07) is 10.9. The topological polar surface area (TPSA) is 84.2 Å². The van der Waals surface area contributed by atoms with Gasteiger partial charge in [-0.2, -0.15) is 0 Å². The Hall–Kier alpha value is -2.93. The fraction of sp³-hybridized carbons (Fsp3) is 0.211. The quantitative estimate of drug-likeness (QED) is 0.704. The summed E-state index contributed by atoms with van der Waals surface area (Å²) in [5.74, 6) is 0.362. The van der Waals surface area contributed by atoms with Gasteiger partial charge in [-0.25, -0.2) is 0 Å². The van der Waals surface area contributed by atoms with Crippen molar-refractivity contribution >= 4 is 34.5 Å². The largest absolute Gasteiger partial charge is 0.355 e. The van der Waals surface area contributed by atoms with Gasteiger partial charge in [-0.05, 0) is 48.9 Å². The van der Waals surface area contributed by atoms with E-state index in [1.807, 2.05) is 36.6 Å². The number of hydrogen-bond donors (Lipinski definition) is 2. The smallest absolute Gasteiger partial charge is 0.277 e. The molecule has 2 aromatic heterocycles. The standard InChI is InChI=1S/C19H17N3O3S/c1-11-4-7-13(20-18(23)12-5-6-12)9-14(11)21-19(24)15-10-16(25-22-15)17-3-2-8-26-17/h2-4,7-10,12H,5-6H2,1H3,(H,20,23)(H,21,24). The minimum Gasteiger partial charge on any atom is -0.355 e. The predicted octanol–water partition coefficient (Wildman–Crippen LogP) is 4.31. The third-order valence-electron chi connectivity index (χ3n) is 4.21. The van der Waals surface area contributed by atoms with Crippen LogP contribution in [0.2, 0.25) is 0 Å². The van der Waals surface area contributed by atoms with Gasteiger partial charge in [0.2, 0.25) is 5.91 Å². The number of anilines is 2. The first kappa shape index (κ1) is 16.5.